The van der Waals surface area contributed by atoms with E-state index in [1.165, 1.54) is 12.3 Å². The maximum Gasteiger partial charge on any atom is 0.231 e. The number of benzene rings is 1. The van der Waals surface area contributed by atoms with Crippen LogP contribution in [0.3, 0.4) is 0 Å². The van der Waals surface area contributed by atoms with E-state index in [4.69, 9.17) is 5.26 Å². The summed E-state index contributed by atoms with van der Waals surface area (Å²) in [4.78, 5) is 17.4. The number of aromatic nitrogens is 1. The van der Waals surface area contributed by atoms with E-state index in [9.17, 15) is 9.90 Å². The minimum atomic E-state index is -0.132. The molecule has 5 nitrogen and oxygen atoms in total. The third-order valence-electron chi connectivity index (χ3n) is 3.46. The maximum atomic E-state index is 11.7. The lowest BCUT2D eigenvalue weighted by Crippen LogP contribution is -2.20. The number of aromatic hydroxyl groups is 1. The fourth-order valence-corrected chi connectivity index (χ4v) is 2.33. The number of hydrogen-bond donors (Lipinski definition) is 1. The molecule has 1 aliphatic heterocycles. The molecule has 1 aromatic heterocycles. The van der Waals surface area contributed by atoms with Gasteiger partial charge in [0.1, 0.15) is 6.07 Å². The number of fused-ring (bicyclic) bond motifs is 1. The first-order chi connectivity index (χ1) is 9.60. The summed E-state index contributed by atoms with van der Waals surface area (Å²) in [6.45, 7) is 0. The van der Waals surface area contributed by atoms with Gasteiger partial charge in [0.15, 0.2) is 5.75 Å². The smallest absolute Gasteiger partial charge is 0.231 e. The van der Waals surface area contributed by atoms with E-state index in [1.807, 2.05) is 24.3 Å². The molecule has 98 valence electrons. The van der Waals surface area contributed by atoms with Crippen molar-refractivity contribution in [2.24, 2.45) is 0 Å². The highest BCUT2D eigenvalue weighted by Crippen LogP contribution is 2.32. The van der Waals surface area contributed by atoms with E-state index in [-0.39, 0.29) is 17.2 Å². The molecule has 1 aromatic carbocycles. The number of rotatable bonds is 1. The normalized spacial score (nSPS) is 13.2. The fraction of sp³-hybridized carbons (Fsp3) is 0.133. The second-order valence-electron chi connectivity index (χ2n) is 4.67. The number of hydrogen-bond acceptors (Lipinski definition) is 4. The molecule has 1 amide bonds. The predicted molar refractivity (Wildman–Crippen MR) is 73.2 cm³/mol. The average molecular weight is 265 g/mol. The van der Waals surface area contributed by atoms with Gasteiger partial charge in [-0.25, -0.2) is 0 Å². The van der Waals surface area contributed by atoms with Crippen molar-refractivity contribution in [3.05, 3.63) is 41.6 Å². The first-order valence-electron chi connectivity index (χ1n) is 6.09. The standard InChI is InChI=1S/C15H11N3O2/c1-18-13-3-2-9(4-10(13)6-15(18)20)12-5-11(7-16)14(19)8-17-12/h2-5,8,19H,6H2,1H3. The highest BCUT2D eigenvalue weighted by atomic mass is 16.3. The molecular formula is C15H11N3O2. The van der Waals surface area contributed by atoms with Crippen molar-refractivity contribution < 1.29 is 9.90 Å². The van der Waals surface area contributed by atoms with Gasteiger partial charge >= 0.3 is 0 Å². The van der Waals surface area contributed by atoms with E-state index >= 15 is 0 Å². The Kier molecular flexibility index (Phi) is 2.65. The largest absolute Gasteiger partial charge is 0.505 e. The van der Waals surface area contributed by atoms with Crippen LogP contribution in [0.15, 0.2) is 30.5 Å². The molecule has 1 aliphatic rings. The predicted octanol–water partition coefficient (Wildman–Crippen LogP) is 1.84. The average Bonchev–Trinajstić information content (AvgIpc) is 2.74. The van der Waals surface area contributed by atoms with Crippen molar-refractivity contribution in [1.29, 1.82) is 5.26 Å². The Morgan fingerprint density at radius 1 is 1.40 bits per heavy atom. The summed E-state index contributed by atoms with van der Waals surface area (Å²) in [5, 5.41) is 18.4. The Balaban J connectivity index is 2.07. The molecule has 3 rings (SSSR count). The van der Waals surface area contributed by atoms with Gasteiger partial charge < -0.3 is 10.0 Å². The second kappa shape index (κ2) is 4.35. The SMILES string of the molecule is CN1C(=O)Cc2cc(-c3cc(C#N)c(O)cn3)ccc21. The Morgan fingerprint density at radius 3 is 2.95 bits per heavy atom. The number of carbonyl (C=O) groups excluding carboxylic acids is 1. The van der Waals surface area contributed by atoms with E-state index in [0.717, 1.165) is 16.8 Å². The molecule has 0 spiro atoms. The van der Waals surface area contributed by atoms with Gasteiger partial charge in [-0.15, -0.1) is 0 Å². The van der Waals surface area contributed by atoms with Crippen molar-refractivity contribution in [1.82, 2.24) is 4.98 Å². The lowest BCUT2D eigenvalue weighted by molar-refractivity contribution is -0.117. The van der Waals surface area contributed by atoms with Crippen LogP contribution in [-0.2, 0) is 11.2 Å². The van der Waals surface area contributed by atoms with Gasteiger partial charge in [-0.3, -0.25) is 9.78 Å². The zero-order chi connectivity index (χ0) is 14.3. The van der Waals surface area contributed by atoms with Crippen LogP contribution in [0.1, 0.15) is 11.1 Å². The summed E-state index contributed by atoms with van der Waals surface area (Å²) in [5.74, 6) is -0.0687. The molecule has 0 saturated heterocycles. The van der Waals surface area contributed by atoms with Gasteiger partial charge in [-0.2, -0.15) is 5.26 Å². The van der Waals surface area contributed by atoms with Gasteiger partial charge in [-0.1, -0.05) is 6.07 Å². The summed E-state index contributed by atoms with van der Waals surface area (Å²) >= 11 is 0. The highest BCUT2D eigenvalue weighted by molar-refractivity contribution is 6.01. The second-order valence-corrected chi connectivity index (χ2v) is 4.67. The summed E-state index contributed by atoms with van der Waals surface area (Å²) < 4.78 is 0. The third kappa shape index (κ3) is 1.79. The molecule has 2 heterocycles. The number of likely N-dealkylation sites (N-methyl/N-ethyl adjacent to an activating group) is 1. The highest BCUT2D eigenvalue weighted by Gasteiger charge is 2.24. The van der Waals surface area contributed by atoms with Crippen LogP contribution in [0.2, 0.25) is 0 Å². The van der Waals surface area contributed by atoms with Crippen LogP contribution in [0.25, 0.3) is 11.3 Å². The third-order valence-corrected chi connectivity index (χ3v) is 3.46. The van der Waals surface area contributed by atoms with E-state index in [2.05, 4.69) is 4.98 Å². The van der Waals surface area contributed by atoms with Gasteiger partial charge in [0.05, 0.1) is 23.9 Å². The van der Waals surface area contributed by atoms with Gasteiger partial charge in [-0.05, 0) is 23.8 Å². The van der Waals surface area contributed by atoms with Crippen LogP contribution >= 0.6 is 0 Å². The van der Waals surface area contributed by atoms with Crippen LogP contribution < -0.4 is 4.90 Å². The van der Waals surface area contributed by atoms with Crippen molar-refractivity contribution >= 4 is 11.6 Å². The van der Waals surface area contributed by atoms with Crippen molar-refractivity contribution in [2.75, 3.05) is 11.9 Å². The van der Waals surface area contributed by atoms with Gasteiger partial charge in [0, 0.05) is 18.3 Å². The molecule has 5 heteroatoms. The molecule has 0 unspecified atom stereocenters. The van der Waals surface area contributed by atoms with E-state index in [0.29, 0.717) is 12.1 Å². The lowest BCUT2D eigenvalue weighted by Gasteiger charge is -2.10. The number of carbonyl (C=O) groups is 1. The van der Waals surface area contributed by atoms with Gasteiger partial charge in [0.2, 0.25) is 5.91 Å². The van der Waals surface area contributed by atoms with Crippen molar-refractivity contribution in [3.8, 4) is 23.1 Å². The number of nitriles is 1. The molecule has 2 aromatic rings. The fourth-order valence-electron chi connectivity index (χ4n) is 2.33. The number of anilines is 1. The molecule has 0 atom stereocenters. The van der Waals surface area contributed by atoms with E-state index < -0.39 is 0 Å². The topological polar surface area (TPSA) is 77.2 Å². The molecule has 0 bridgehead atoms. The quantitative estimate of drug-likeness (QED) is 0.853. The van der Waals surface area contributed by atoms with Crippen LogP contribution in [0, 0.1) is 11.3 Å². The minimum Gasteiger partial charge on any atom is -0.505 e. The Labute approximate surface area is 115 Å². The van der Waals surface area contributed by atoms with E-state index in [1.54, 1.807) is 11.9 Å². The summed E-state index contributed by atoms with van der Waals surface area (Å²) in [5.41, 5.74) is 3.46. The van der Waals surface area contributed by atoms with Crippen molar-refractivity contribution in [2.45, 2.75) is 6.42 Å². The zero-order valence-corrected chi connectivity index (χ0v) is 10.8. The zero-order valence-electron chi connectivity index (χ0n) is 10.8. The summed E-state index contributed by atoms with van der Waals surface area (Å²) in [7, 11) is 1.75. The van der Waals surface area contributed by atoms with Crippen LogP contribution in [0.5, 0.6) is 5.75 Å². The Morgan fingerprint density at radius 2 is 2.20 bits per heavy atom. The molecule has 0 saturated carbocycles. The van der Waals surface area contributed by atoms with Crippen molar-refractivity contribution in [3.63, 3.8) is 0 Å². The number of amides is 1. The molecule has 1 N–H and O–H groups in total. The lowest BCUT2D eigenvalue weighted by atomic mass is 10.0. The molecule has 20 heavy (non-hydrogen) atoms. The first kappa shape index (κ1) is 12.2. The summed E-state index contributed by atoms with van der Waals surface area (Å²) in [6.07, 6.45) is 1.64. The Bertz CT molecular complexity index is 762. The number of nitrogens with zero attached hydrogens (tertiary/aromatic N) is 3. The molecular weight excluding hydrogens is 254 g/mol. The number of pyridine rings is 1. The Hall–Kier alpha value is -2.87. The van der Waals surface area contributed by atoms with Crippen LogP contribution in [0.4, 0.5) is 5.69 Å². The summed E-state index contributed by atoms with van der Waals surface area (Å²) in [6, 6.07) is 9.09. The maximum absolute atomic E-state index is 11.7. The molecule has 0 fully saturated rings. The minimum absolute atomic E-state index is 0.0635. The van der Waals surface area contributed by atoms with Gasteiger partial charge in [0.25, 0.3) is 0 Å². The molecule has 0 aliphatic carbocycles. The first-order valence-corrected chi connectivity index (χ1v) is 6.09. The monoisotopic (exact) mass is 265 g/mol. The van der Waals surface area contributed by atoms with Crippen LogP contribution in [-0.4, -0.2) is 23.0 Å². The molecule has 0 radical (unpaired) electrons.